The minimum absolute atomic E-state index is 0.0493. The predicted molar refractivity (Wildman–Crippen MR) is 50.6 cm³/mol. The van der Waals surface area contributed by atoms with E-state index in [-0.39, 0.29) is 24.7 Å². The molecule has 0 radical (unpaired) electrons. The topological polar surface area (TPSA) is 72.4 Å². The smallest absolute Gasteiger partial charge is 0.236 e. The molecule has 0 spiro atoms. The summed E-state index contributed by atoms with van der Waals surface area (Å²) in [4.78, 5) is 31.5. The number of methoxy groups -OCH3 is 1. The molecule has 15 heavy (non-hydrogen) atoms. The van der Waals surface area contributed by atoms with Crippen molar-refractivity contribution in [1.82, 2.24) is 9.97 Å². The lowest BCUT2D eigenvalue weighted by atomic mass is 10.3. The maximum atomic E-state index is 11.4. The van der Waals surface area contributed by atoms with Gasteiger partial charge in [0, 0.05) is 6.07 Å². The van der Waals surface area contributed by atoms with Crippen LogP contribution in [0.1, 0.15) is 6.42 Å². The number of hydrogen-bond donors (Lipinski definition) is 0. The number of hydrogen-bond acceptors (Lipinski definition) is 5. The fourth-order valence-electron chi connectivity index (χ4n) is 1.38. The van der Waals surface area contributed by atoms with Crippen LogP contribution in [0, 0.1) is 0 Å². The standard InChI is InChI=1S/C9H9N3O3/c1-15-8-3-7(10-5-11-8)12-4-6(13)2-9(12)14/h3,5H,2,4H2,1H3. The molecule has 0 bridgehead atoms. The zero-order valence-electron chi connectivity index (χ0n) is 8.14. The van der Waals surface area contributed by atoms with Crippen LogP contribution < -0.4 is 9.64 Å². The van der Waals surface area contributed by atoms with E-state index in [2.05, 4.69) is 9.97 Å². The van der Waals surface area contributed by atoms with Crippen LogP contribution in [-0.2, 0) is 9.59 Å². The Balaban J connectivity index is 2.29. The molecule has 2 heterocycles. The molecule has 1 amide bonds. The first kappa shape index (κ1) is 9.57. The first-order valence-electron chi connectivity index (χ1n) is 4.39. The van der Waals surface area contributed by atoms with Crippen LogP contribution in [0.2, 0.25) is 0 Å². The molecule has 0 N–H and O–H groups in total. The van der Waals surface area contributed by atoms with E-state index < -0.39 is 0 Å². The van der Waals surface area contributed by atoms with E-state index >= 15 is 0 Å². The van der Waals surface area contributed by atoms with Gasteiger partial charge in [0.1, 0.15) is 12.1 Å². The van der Waals surface area contributed by atoms with Gasteiger partial charge in [-0.05, 0) is 0 Å². The first-order chi connectivity index (χ1) is 7.20. The van der Waals surface area contributed by atoms with Gasteiger partial charge < -0.3 is 4.74 Å². The van der Waals surface area contributed by atoms with Crippen LogP contribution in [0.5, 0.6) is 5.88 Å². The quantitative estimate of drug-likeness (QED) is 0.627. The average Bonchev–Trinajstić information content (AvgIpc) is 2.58. The summed E-state index contributed by atoms with van der Waals surface area (Å²) in [6, 6.07) is 1.52. The monoisotopic (exact) mass is 207 g/mol. The third-order valence-corrected chi connectivity index (χ3v) is 2.10. The van der Waals surface area contributed by atoms with Crippen molar-refractivity contribution in [2.45, 2.75) is 6.42 Å². The van der Waals surface area contributed by atoms with Gasteiger partial charge in [-0.2, -0.15) is 0 Å². The fraction of sp³-hybridized carbons (Fsp3) is 0.333. The van der Waals surface area contributed by atoms with Crippen LogP contribution in [0.3, 0.4) is 0 Å². The SMILES string of the molecule is COc1cc(N2CC(=O)CC2=O)ncn1. The second-order valence-electron chi connectivity index (χ2n) is 3.11. The minimum Gasteiger partial charge on any atom is -0.481 e. The van der Waals surface area contributed by atoms with Gasteiger partial charge in [0.25, 0.3) is 0 Å². The van der Waals surface area contributed by atoms with Crippen molar-refractivity contribution >= 4 is 17.5 Å². The van der Waals surface area contributed by atoms with Crippen LogP contribution in [0.15, 0.2) is 12.4 Å². The van der Waals surface area contributed by atoms with Gasteiger partial charge in [0.15, 0.2) is 5.78 Å². The molecule has 1 aromatic rings. The summed E-state index contributed by atoms with van der Waals surface area (Å²) in [5.74, 6) is 0.434. The van der Waals surface area contributed by atoms with E-state index in [4.69, 9.17) is 4.74 Å². The van der Waals surface area contributed by atoms with Gasteiger partial charge >= 0.3 is 0 Å². The third-order valence-electron chi connectivity index (χ3n) is 2.10. The lowest BCUT2D eigenvalue weighted by Crippen LogP contribution is -2.25. The molecule has 78 valence electrons. The van der Waals surface area contributed by atoms with E-state index in [0.717, 1.165) is 0 Å². The highest BCUT2D eigenvalue weighted by Crippen LogP contribution is 2.19. The van der Waals surface area contributed by atoms with Crippen molar-refractivity contribution in [3.05, 3.63) is 12.4 Å². The summed E-state index contributed by atoms with van der Waals surface area (Å²) >= 11 is 0. The van der Waals surface area contributed by atoms with Gasteiger partial charge in [-0.25, -0.2) is 9.97 Å². The zero-order chi connectivity index (χ0) is 10.8. The zero-order valence-corrected chi connectivity index (χ0v) is 8.14. The van der Waals surface area contributed by atoms with Crippen LogP contribution in [-0.4, -0.2) is 35.3 Å². The number of carbonyl (C=O) groups is 2. The number of anilines is 1. The molecule has 6 nitrogen and oxygen atoms in total. The summed E-state index contributed by atoms with van der Waals surface area (Å²) in [6.07, 6.45) is 1.25. The van der Waals surface area contributed by atoms with E-state index in [1.165, 1.54) is 24.4 Å². The summed E-state index contributed by atoms with van der Waals surface area (Å²) < 4.78 is 4.90. The molecule has 0 atom stereocenters. The molecule has 1 fully saturated rings. The highest BCUT2D eigenvalue weighted by atomic mass is 16.5. The molecule has 0 aliphatic carbocycles. The van der Waals surface area contributed by atoms with Crippen LogP contribution >= 0.6 is 0 Å². The van der Waals surface area contributed by atoms with Crippen LogP contribution in [0.25, 0.3) is 0 Å². The molecule has 6 heteroatoms. The summed E-state index contributed by atoms with van der Waals surface area (Å²) in [7, 11) is 1.48. The summed E-state index contributed by atoms with van der Waals surface area (Å²) in [5.41, 5.74) is 0. The van der Waals surface area contributed by atoms with E-state index in [9.17, 15) is 9.59 Å². The predicted octanol–water partition coefficient (Wildman–Crippen LogP) is -0.209. The number of nitrogens with zero attached hydrogens (tertiary/aromatic N) is 3. The van der Waals surface area contributed by atoms with Crippen molar-refractivity contribution in [1.29, 1.82) is 0 Å². The highest BCUT2D eigenvalue weighted by Gasteiger charge is 2.29. The number of ether oxygens (including phenoxy) is 1. The van der Waals surface area contributed by atoms with E-state index in [1.807, 2.05) is 0 Å². The summed E-state index contributed by atoms with van der Waals surface area (Å²) in [6.45, 7) is 0.0823. The lowest BCUT2D eigenvalue weighted by molar-refractivity contribution is -0.121. The maximum absolute atomic E-state index is 11.4. The third kappa shape index (κ3) is 1.78. The Morgan fingerprint density at radius 2 is 2.20 bits per heavy atom. The van der Waals surface area contributed by atoms with Gasteiger partial charge in [-0.3, -0.25) is 14.5 Å². The molecular formula is C9H9N3O3. The van der Waals surface area contributed by atoms with Crippen LogP contribution in [0.4, 0.5) is 5.82 Å². The van der Waals surface area contributed by atoms with Gasteiger partial charge in [0.2, 0.25) is 11.8 Å². The maximum Gasteiger partial charge on any atom is 0.236 e. The van der Waals surface area contributed by atoms with Gasteiger partial charge in [-0.15, -0.1) is 0 Å². The van der Waals surface area contributed by atoms with Crippen molar-refractivity contribution in [3.8, 4) is 5.88 Å². The van der Waals surface area contributed by atoms with Crippen molar-refractivity contribution < 1.29 is 14.3 Å². The van der Waals surface area contributed by atoms with Gasteiger partial charge in [-0.1, -0.05) is 0 Å². The second-order valence-corrected chi connectivity index (χ2v) is 3.11. The molecular weight excluding hydrogens is 198 g/mol. The molecule has 1 saturated heterocycles. The Bertz CT molecular complexity index is 419. The Morgan fingerprint density at radius 1 is 1.40 bits per heavy atom. The molecule has 2 rings (SSSR count). The van der Waals surface area contributed by atoms with Crippen molar-refractivity contribution in [2.75, 3.05) is 18.6 Å². The largest absolute Gasteiger partial charge is 0.481 e. The Labute approximate surface area is 85.9 Å². The molecule has 1 aliphatic rings. The van der Waals surface area contributed by atoms with E-state index in [0.29, 0.717) is 11.7 Å². The lowest BCUT2D eigenvalue weighted by Gasteiger charge is -2.13. The molecule has 1 aliphatic heterocycles. The number of carbonyl (C=O) groups excluding carboxylic acids is 2. The van der Waals surface area contributed by atoms with Crippen molar-refractivity contribution in [3.63, 3.8) is 0 Å². The molecule has 0 saturated carbocycles. The normalized spacial score (nSPS) is 15.9. The Kier molecular flexibility index (Phi) is 2.32. The fourth-order valence-corrected chi connectivity index (χ4v) is 1.38. The average molecular weight is 207 g/mol. The number of Topliss-reactive ketones (excluding diaryl/α,β-unsaturated/α-hetero) is 1. The Hall–Kier alpha value is -1.98. The molecule has 0 unspecified atom stereocenters. The number of amides is 1. The Morgan fingerprint density at radius 3 is 2.80 bits per heavy atom. The first-order valence-corrected chi connectivity index (χ1v) is 4.39. The number of aromatic nitrogens is 2. The molecule has 0 aromatic carbocycles. The molecule has 1 aromatic heterocycles. The number of ketones is 1. The second kappa shape index (κ2) is 3.64. The van der Waals surface area contributed by atoms with Crippen molar-refractivity contribution in [2.24, 2.45) is 0 Å². The minimum atomic E-state index is -0.235. The van der Waals surface area contributed by atoms with E-state index in [1.54, 1.807) is 0 Å². The number of rotatable bonds is 2. The van der Waals surface area contributed by atoms with Gasteiger partial charge in [0.05, 0.1) is 20.1 Å². The highest BCUT2D eigenvalue weighted by molar-refractivity contribution is 6.14. The summed E-state index contributed by atoms with van der Waals surface area (Å²) in [5, 5.41) is 0.